The summed E-state index contributed by atoms with van der Waals surface area (Å²) >= 11 is 0. The second kappa shape index (κ2) is 6.50. The van der Waals surface area contributed by atoms with Crippen molar-refractivity contribution in [1.29, 1.82) is 0 Å². The highest BCUT2D eigenvalue weighted by Gasteiger charge is 2.18. The molecule has 26 heavy (non-hydrogen) atoms. The Hall–Kier alpha value is -2.78. The van der Waals surface area contributed by atoms with Crippen molar-refractivity contribution in [2.45, 2.75) is 4.90 Å². The molecule has 0 saturated carbocycles. The molecule has 0 aliphatic rings. The van der Waals surface area contributed by atoms with Crippen molar-refractivity contribution >= 4 is 36.6 Å². The molecule has 0 atom stereocenters. The molecule has 0 amide bonds. The normalized spacial score (nSPS) is 12.0. The van der Waals surface area contributed by atoms with Crippen LogP contribution in [-0.2, 0) is 20.1 Å². The number of phenolic OH excluding ortho intramolecular Hbond substituents is 1. The molecule has 0 fully saturated rings. The van der Waals surface area contributed by atoms with Gasteiger partial charge in [-0.2, -0.15) is 8.42 Å². The highest BCUT2D eigenvalue weighted by Crippen LogP contribution is 2.34. The van der Waals surface area contributed by atoms with Gasteiger partial charge in [0.15, 0.2) is 0 Å². The van der Waals surface area contributed by atoms with Gasteiger partial charge >= 0.3 is 10.1 Å². The van der Waals surface area contributed by atoms with Gasteiger partial charge in [0.2, 0.25) is 0 Å². The van der Waals surface area contributed by atoms with E-state index in [1.807, 2.05) is 0 Å². The zero-order chi connectivity index (χ0) is 18.9. The first-order valence-corrected chi connectivity index (χ1v) is 10.7. The summed E-state index contributed by atoms with van der Waals surface area (Å²) in [6.45, 7) is 0. The molecule has 0 saturated heterocycles. The predicted octanol–water partition coefficient (Wildman–Crippen LogP) is 2.68. The second-order valence-corrected chi connectivity index (χ2v) is 8.80. The molecule has 3 rings (SSSR count). The van der Waals surface area contributed by atoms with Crippen molar-refractivity contribution in [3.05, 3.63) is 60.7 Å². The third kappa shape index (κ3) is 3.89. The average molecular weight is 393 g/mol. The molecule has 9 heteroatoms. The van der Waals surface area contributed by atoms with E-state index in [1.165, 1.54) is 30.3 Å². The van der Waals surface area contributed by atoms with Crippen LogP contribution in [0.25, 0.3) is 10.8 Å². The van der Waals surface area contributed by atoms with Crippen LogP contribution in [-0.4, -0.2) is 28.2 Å². The van der Waals surface area contributed by atoms with Gasteiger partial charge in [0.1, 0.15) is 11.5 Å². The Morgan fingerprint density at radius 1 is 0.885 bits per heavy atom. The van der Waals surface area contributed by atoms with Crippen LogP contribution in [0.3, 0.4) is 0 Å². The topological polar surface area (TPSA) is 110 Å². The minimum atomic E-state index is -4.00. The number of hydrogen-bond acceptors (Lipinski definition) is 6. The Morgan fingerprint density at radius 2 is 1.54 bits per heavy atom. The lowest BCUT2D eigenvalue weighted by Gasteiger charge is -2.13. The molecule has 0 aliphatic heterocycles. The summed E-state index contributed by atoms with van der Waals surface area (Å²) in [6.07, 6.45) is 0.891. The van der Waals surface area contributed by atoms with E-state index in [0.29, 0.717) is 5.39 Å². The standard InChI is InChI=1S/C17H15NO6S2/c1-25(20,21)24-13-7-9-14(10-8-13)26(22,23)18-17-15-5-3-2-4-12(15)6-11-16(17)19/h2-11,18-19H,1H3. The number of nitrogens with one attached hydrogen (secondary N) is 1. The Morgan fingerprint density at radius 3 is 2.19 bits per heavy atom. The lowest BCUT2D eigenvalue weighted by molar-refractivity contribution is 0.478. The number of hydrogen-bond donors (Lipinski definition) is 2. The van der Waals surface area contributed by atoms with E-state index in [-0.39, 0.29) is 22.1 Å². The van der Waals surface area contributed by atoms with Gasteiger partial charge in [0.25, 0.3) is 10.0 Å². The van der Waals surface area contributed by atoms with Crippen molar-refractivity contribution < 1.29 is 26.1 Å². The molecule has 0 aliphatic carbocycles. The Balaban J connectivity index is 1.96. The molecule has 0 bridgehead atoms. The minimum absolute atomic E-state index is 0.000502. The second-order valence-electron chi connectivity index (χ2n) is 5.55. The zero-order valence-electron chi connectivity index (χ0n) is 13.6. The fraction of sp³-hybridized carbons (Fsp3) is 0.0588. The summed E-state index contributed by atoms with van der Waals surface area (Å²) in [5, 5.41) is 11.4. The number of anilines is 1. The van der Waals surface area contributed by atoms with Crippen LogP contribution in [0.4, 0.5) is 5.69 Å². The Bertz CT molecular complexity index is 1170. The molecule has 0 radical (unpaired) electrons. The molecule has 2 N–H and O–H groups in total. The van der Waals surface area contributed by atoms with Crippen LogP contribution in [0.2, 0.25) is 0 Å². The van der Waals surface area contributed by atoms with Gasteiger partial charge in [0, 0.05) is 5.39 Å². The first-order valence-electron chi connectivity index (χ1n) is 7.39. The maximum absolute atomic E-state index is 12.6. The van der Waals surface area contributed by atoms with Crippen LogP contribution in [0.15, 0.2) is 65.6 Å². The highest BCUT2D eigenvalue weighted by atomic mass is 32.2. The van der Waals surface area contributed by atoms with E-state index in [1.54, 1.807) is 30.3 Å². The predicted molar refractivity (Wildman–Crippen MR) is 98.3 cm³/mol. The van der Waals surface area contributed by atoms with Gasteiger partial charge in [-0.25, -0.2) is 8.42 Å². The first kappa shape index (κ1) is 18.0. The molecule has 0 unspecified atom stereocenters. The SMILES string of the molecule is CS(=O)(=O)Oc1ccc(S(=O)(=O)Nc2c(O)ccc3ccccc23)cc1. The number of phenols is 1. The summed E-state index contributed by atoms with van der Waals surface area (Å²) in [6, 6.07) is 15.0. The van der Waals surface area contributed by atoms with E-state index in [9.17, 15) is 21.9 Å². The third-order valence-electron chi connectivity index (χ3n) is 3.53. The number of fused-ring (bicyclic) bond motifs is 1. The monoisotopic (exact) mass is 393 g/mol. The number of benzene rings is 3. The zero-order valence-corrected chi connectivity index (χ0v) is 15.2. The molecule has 0 aromatic heterocycles. The molecule has 0 heterocycles. The molecule has 3 aromatic rings. The van der Waals surface area contributed by atoms with Gasteiger partial charge in [-0.05, 0) is 35.7 Å². The van der Waals surface area contributed by atoms with Crippen molar-refractivity contribution in [1.82, 2.24) is 0 Å². The first-order chi connectivity index (χ1) is 12.2. The molecule has 7 nitrogen and oxygen atoms in total. The molecule has 3 aromatic carbocycles. The van der Waals surface area contributed by atoms with Gasteiger partial charge in [-0.1, -0.05) is 30.3 Å². The van der Waals surface area contributed by atoms with Crippen molar-refractivity contribution in [2.75, 3.05) is 11.0 Å². The Kier molecular flexibility index (Phi) is 4.51. The molecular formula is C17H15NO6S2. The quantitative estimate of drug-likeness (QED) is 0.509. The third-order valence-corrected chi connectivity index (χ3v) is 5.39. The van der Waals surface area contributed by atoms with E-state index in [4.69, 9.17) is 0 Å². The summed E-state index contributed by atoms with van der Waals surface area (Å²) in [4.78, 5) is -0.106. The fourth-order valence-electron chi connectivity index (χ4n) is 2.41. The number of aromatic hydroxyl groups is 1. The maximum atomic E-state index is 12.6. The van der Waals surface area contributed by atoms with E-state index >= 15 is 0 Å². The van der Waals surface area contributed by atoms with Gasteiger partial charge < -0.3 is 9.29 Å². The van der Waals surface area contributed by atoms with Gasteiger partial charge in [-0.15, -0.1) is 0 Å². The average Bonchev–Trinajstić information content (AvgIpc) is 2.56. The van der Waals surface area contributed by atoms with Crippen LogP contribution >= 0.6 is 0 Å². The smallest absolute Gasteiger partial charge is 0.306 e. The Labute approximate surface area is 151 Å². The minimum Gasteiger partial charge on any atom is -0.506 e. The van der Waals surface area contributed by atoms with Crippen LogP contribution in [0.5, 0.6) is 11.5 Å². The summed E-state index contributed by atoms with van der Waals surface area (Å²) < 4.78 is 54.5. The largest absolute Gasteiger partial charge is 0.506 e. The van der Waals surface area contributed by atoms with Crippen LogP contribution in [0.1, 0.15) is 0 Å². The van der Waals surface area contributed by atoms with Crippen LogP contribution in [0, 0.1) is 0 Å². The molecular weight excluding hydrogens is 378 g/mol. The molecule has 0 spiro atoms. The van der Waals surface area contributed by atoms with E-state index in [2.05, 4.69) is 8.91 Å². The fourth-order valence-corrected chi connectivity index (χ4v) is 3.97. The molecule has 136 valence electrons. The lowest BCUT2D eigenvalue weighted by Crippen LogP contribution is -2.13. The number of sulfonamides is 1. The lowest BCUT2D eigenvalue weighted by atomic mass is 10.1. The van der Waals surface area contributed by atoms with E-state index < -0.39 is 20.1 Å². The van der Waals surface area contributed by atoms with Crippen molar-refractivity contribution in [3.8, 4) is 11.5 Å². The van der Waals surface area contributed by atoms with Gasteiger partial charge in [0.05, 0.1) is 16.8 Å². The number of rotatable bonds is 5. The maximum Gasteiger partial charge on any atom is 0.306 e. The van der Waals surface area contributed by atoms with Gasteiger partial charge in [-0.3, -0.25) is 4.72 Å². The summed E-state index contributed by atoms with van der Waals surface area (Å²) in [5.74, 6) is -0.205. The summed E-state index contributed by atoms with van der Waals surface area (Å²) in [7, 11) is -7.70. The van der Waals surface area contributed by atoms with Crippen molar-refractivity contribution in [3.63, 3.8) is 0 Å². The van der Waals surface area contributed by atoms with Crippen molar-refractivity contribution in [2.24, 2.45) is 0 Å². The highest BCUT2D eigenvalue weighted by molar-refractivity contribution is 7.92. The summed E-state index contributed by atoms with van der Waals surface area (Å²) in [5.41, 5.74) is 0.0690. The van der Waals surface area contributed by atoms with Crippen LogP contribution < -0.4 is 8.91 Å². The van der Waals surface area contributed by atoms with E-state index in [0.717, 1.165) is 11.6 Å².